The molecule has 16 heavy (non-hydrogen) atoms. The third-order valence-electron chi connectivity index (χ3n) is 4.64. The van der Waals surface area contributed by atoms with E-state index in [0.717, 1.165) is 29.8 Å². The van der Waals surface area contributed by atoms with Gasteiger partial charge in [0.2, 0.25) is 0 Å². The molecular formula is C12H16N2OS. The number of rotatable bonds is 1. The fourth-order valence-corrected chi connectivity index (χ4v) is 4.67. The van der Waals surface area contributed by atoms with Crippen molar-refractivity contribution in [3.8, 4) is 0 Å². The molecule has 0 radical (unpaired) electrons. The van der Waals surface area contributed by atoms with E-state index in [-0.39, 0.29) is 10.7 Å². The number of thioether (sulfide) groups is 1. The van der Waals surface area contributed by atoms with Crippen molar-refractivity contribution in [2.75, 3.05) is 0 Å². The molecule has 0 aromatic rings. The van der Waals surface area contributed by atoms with Gasteiger partial charge in [-0.3, -0.25) is 4.79 Å². The Kier molecular flexibility index (Phi) is 1.80. The monoisotopic (exact) mass is 236 g/mol. The molecule has 1 unspecified atom stereocenters. The molecule has 3 nitrogen and oxygen atoms in total. The van der Waals surface area contributed by atoms with Gasteiger partial charge in [0.25, 0.3) is 5.91 Å². The minimum absolute atomic E-state index is 0.111. The maximum atomic E-state index is 11.7. The molecule has 4 heteroatoms. The van der Waals surface area contributed by atoms with Crippen LogP contribution in [0.1, 0.15) is 38.5 Å². The van der Waals surface area contributed by atoms with Crippen LogP contribution >= 0.6 is 11.8 Å². The number of carbonyl (C=O) groups excluding carboxylic acids is 1. The van der Waals surface area contributed by atoms with Crippen LogP contribution < -0.4 is 5.32 Å². The smallest absolute Gasteiger partial charge is 0.264 e. The van der Waals surface area contributed by atoms with Crippen molar-refractivity contribution in [2.24, 2.45) is 16.8 Å². The van der Waals surface area contributed by atoms with Crippen LogP contribution in [0.5, 0.6) is 0 Å². The highest BCUT2D eigenvalue weighted by Crippen LogP contribution is 2.53. The van der Waals surface area contributed by atoms with E-state index in [9.17, 15) is 4.79 Å². The van der Waals surface area contributed by atoms with E-state index in [0.29, 0.717) is 6.04 Å². The first-order valence-electron chi connectivity index (χ1n) is 6.34. The molecule has 1 N–H and O–H groups in total. The highest BCUT2D eigenvalue weighted by molar-refractivity contribution is 8.16. The lowest BCUT2D eigenvalue weighted by Crippen LogP contribution is -2.36. The Morgan fingerprint density at radius 2 is 2.19 bits per heavy atom. The Morgan fingerprint density at radius 1 is 1.31 bits per heavy atom. The van der Waals surface area contributed by atoms with E-state index in [2.05, 4.69) is 10.3 Å². The zero-order chi connectivity index (χ0) is 10.8. The van der Waals surface area contributed by atoms with Crippen LogP contribution in [0, 0.1) is 11.8 Å². The second kappa shape index (κ2) is 3.03. The predicted octanol–water partition coefficient (Wildman–Crippen LogP) is 1.93. The molecule has 3 aliphatic carbocycles. The number of fused-ring (bicyclic) bond motifs is 2. The van der Waals surface area contributed by atoms with Crippen molar-refractivity contribution in [1.29, 1.82) is 0 Å². The lowest BCUT2D eigenvalue weighted by molar-refractivity contribution is -0.117. The first-order valence-corrected chi connectivity index (χ1v) is 7.15. The van der Waals surface area contributed by atoms with Gasteiger partial charge in [-0.25, -0.2) is 0 Å². The van der Waals surface area contributed by atoms with Gasteiger partial charge in [-0.2, -0.15) is 4.99 Å². The largest absolute Gasteiger partial charge is 0.361 e. The second-order valence-corrected chi connectivity index (χ2v) is 7.12. The maximum absolute atomic E-state index is 11.7. The molecule has 1 spiro atoms. The van der Waals surface area contributed by atoms with Gasteiger partial charge in [-0.15, -0.1) is 0 Å². The average molecular weight is 236 g/mol. The Hall–Kier alpha value is -0.510. The molecule has 0 aromatic carbocycles. The Labute approximate surface area is 99.5 Å². The van der Waals surface area contributed by atoms with E-state index in [1.165, 1.54) is 25.7 Å². The number of nitrogens with one attached hydrogen (secondary N) is 1. The molecule has 3 saturated carbocycles. The summed E-state index contributed by atoms with van der Waals surface area (Å²) in [4.78, 5) is 15.8. The van der Waals surface area contributed by atoms with Crippen LogP contribution in [0.2, 0.25) is 0 Å². The average Bonchev–Trinajstić information content (AvgIpc) is 2.64. The highest BCUT2D eigenvalue weighted by atomic mass is 32.2. The summed E-state index contributed by atoms with van der Waals surface area (Å²) < 4.78 is -0.111. The Bertz CT molecular complexity index is 388. The molecule has 0 saturated heterocycles. The lowest BCUT2D eigenvalue weighted by Gasteiger charge is -2.23. The van der Waals surface area contributed by atoms with Crippen molar-refractivity contribution >= 4 is 22.8 Å². The minimum Gasteiger partial charge on any atom is -0.361 e. The molecule has 1 heterocycles. The zero-order valence-corrected chi connectivity index (χ0v) is 10.1. The summed E-state index contributed by atoms with van der Waals surface area (Å²) in [6.45, 7) is 0. The summed E-state index contributed by atoms with van der Waals surface area (Å²) in [5.41, 5.74) is 0. The third-order valence-corrected chi connectivity index (χ3v) is 6.01. The van der Waals surface area contributed by atoms with Gasteiger partial charge in [0.15, 0.2) is 5.17 Å². The molecule has 4 rings (SSSR count). The normalized spacial score (nSPS) is 42.9. The SMILES string of the molecule is O=C1N=C(N[C@H]2C[C@@H]3CCC2C3)SC12CC2. The number of nitrogens with zero attached hydrogens (tertiary/aromatic N) is 1. The van der Waals surface area contributed by atoms with Crippen LogP contribution in [0.4, 0.5) is 0 Å². The molecule has 4 aliphatic rings. The third kappa shape index (κ3) is 1.28. The molecule has 1 aliphatic heterocycles. The minimum atomic E-state index is -0.111. The second-order valence-electron chi connectivity index (χ2n) is 5.74. The van der Waals surface area contributed by atoms with Crippen molar-refractivity contribution in [3.63, 3.8) is 0 Å². The van der Waals surface area contributed by atoms with E-state index >= 15 is 0 Å². The summed E-state index contributed by atoms with van der Waals surface area (Å²) in [5.74, 6) is 1.91. The first-order chi connectivity index (χ1) is 7.75. The molecular weight excluding hydrogens is 220 g/mol. The molecule has 0 aromatic heterocycles. The van der Waals surface area contributed by atoms with Crippen LogP contribution in [0.15, 0.2) is 4.99 Å². The lowest BCUT2D eigenvalue weighted by atomic mass is 9.96. The van der Waals surface area contributed by atoms with E-state index in [4.69, 9.17) is 0 Å². The van der Waals surface area contributed by atoms with Crippen molar-refractivity contribution < 1.29 is 4.79 Å². The number of hydrogen-bond acceptors (Lipinski definition) is 3. The summed E-state index contributed by atoms with van der Waals surface area (Å²) in [7, 11) is 0. The fraction of sp³-hybridized carbons (Fsp3) is 0.833. The number of hydrogen-bond donors (Lipinski definition) is 1. The van der Waals surface area contributed by atoms with E-state index in [1.807, 2.05) is 0 Å². The molecule has 2 bridgehead atoms. The van der Waals surface area contributed by atoms with Gasteiger partial charge in [-0.05, 0) is 43.9 Å². The van der Waals surface area contributed by atoms with Crippen LogP contribution in [0.25, 0.3) is 0 Å². The summed E-state index contributed by atoms with van der Waals surface area (Å²) >= 11 is 1.69. The topological polar surface area (TPSA) is 41.5 Å². The standard InChI is InChI=1S/C12H16N2OS/c15-10-12(3-4-12)16-11(14-10)13-9-6-7-1-2-8(9)5-7/h7-9H,1-6H2,(H,13,14,15)/t7-,8?,9+/m1/s1. The van der Waals surface area contributed by atoms with Crippen molar-refractivity contribution in [2.45, 2.75) is 49.3 Å². The van der Waals surface area contributed by atoms with E-state index in [1.54, 1.807) is 11.8 Å². The van der Waals surface area contributed by atoms with Crippen LogP contribution in [-0.2, 0) is 4.79 Å². The van der Waals surface area contributed by atoms with Gasteiger partial charge in [0.05, 0.1) is 0 Å². The van der Waals surface area contributed by atoms with Gasteiger partial charge in [-0.1, -0.05) is 18.2 Å². The number of aliphatic imine (C=N–C) groups is 1. The van der Waals surface area contributed by atoms with E-state index < -0.39 is 0 Å². The van der Waals surface area contributed by atoms with Crippen molar-refractivity contribution in [1.82, 2.24) is 5.32 Å². The fourth-order valence-electron chi connectivity index (χ4n) is 3.52. The molecule has 3 fully saturated rings. The van der Waals surface area contributed by atoms with Gasteiger partial charge < -0.3 is 5.32 Å². The first kappa shape index (κ1) is 9.51. The molecule has 86 valence electrons. The summed E-state index contributed by atoms with van der Waals surface area (Å²) in [5, 5.41) is 4.44. The maximum Gasteiger partial charge on any atom is 0.264 e. The van der Waals surface area contributed by atoms with Gasteiger partial charge >= 0.3 is 0 Å². The van der Waals surface area contributed by atoms with Crippen LogP contribution in [0.3, 0.4) is 0 Å². The Balaban J connectivity index is 1.45. The quantitative estimate of drug-likeness (QED) is 0.756. The summed E-state index contributed by atoms with van der Waals surface area (Å²) in [6, 6.07) is 0.603. The zero-order valence-electron chi connectivity index (χ0n) is 9.24. The van der Waals surface area contributed by atoms with Crippen molar-refractivity contribution in [3.05, 3.63) is 0 Å². The number of amidine groups is 1. The number of amides is 1. The molecule has 3 atom stereocenters. The van der Waals surface area contributed by atoms with Crippen LogP contribution in [-0.4, -0.2) is 21.9 Å². The predicted molar refractivity (Wildman–Crippen MR) is 64.4 cm³/mol. The number of carbonyl (C=O) groups is 1. The van der Waals surface area contributed by atoms with Gasteiger partial charge in [0, 0.05) is 6.04 Å². The molecule has 1 amide bonds. The summed E-state index contributed by atoms with van der Waals surface area (Å²) in [6.07, 6.45) is 7.55. The highest BCUT2D eigenvalue weighted by Gasteiger charge is 2.55. The Morgan fingerprint density at radius 3 is 2.75 bits per heavy atom. The van der Waals surface area contributed by atoms with Gasteiger partial charge in [0.1, 0.15) is 4.75 Å².